The SMILES string of the molecule is O=CNC[C@H]1O[C@@H](n2ccc(=O)[nH]c2=O)C[C@@H]1O. The minimum atomic E-state index is -0.777. The molecule has 0 bridgehead atoms. The van der Waals surface area contributed by atoms with Gasteiger partial charge in [-0.15, -0.1) is 0 Å². The molecular formula is C10H13N3O5. The van der Waals surface area contributed by atoms with Crippen LogP contribution < -0.4 is 16.6 Å². The highest BCUT2D eigenvalue weighted by Crippen LogP contribution is 2.26. The summed E-state index contributed by atoms with van der Waals surface area (Å²) in [7, 11) is 0. The number of aromatic nitrogens is 2. The number of rotatable bonds is 4. The fourth-order valence-electron chi connectivity index (χ4n) is 1.89. The van der Waals surface area contributed by atoms with Gasteiger partial charge in [0.1, 0.15) is 12.3 Å². The summed E-state index contributed by atoms with van der Waals surface area (Å²) in [6.45, 7) is 0.166. The van der Waals surface area contributed by atoms with E-state index in [0.29, 0.717) is 6.41 Å². The second kappa shape index (κ2) is 5.15. The standard InChI is InChI=1S/C10H13N3O5/c14-5-11-4-7-6(15)3-9(18-7)13-2-1-8(16)12-10(13)17/h1-2,5-7,9,15H,3-4H2,(H,11,14)(H,12,16,17)/t6-,7+,9+/m0/s1. The highest BCUT2D eigenvalue weighted by Gasteiger charge is 2.35. The molecule has 1 fully saturated rings. The summed E-state index contributed by atoms with van der Waals surface area (Å²) >= 11 is 0. The number of nitrogens with zero attached hydrogens (tertiary/aromatic N) is 1. The molecule has 8 nitrogen and oxygen atoms in total. The number of hydrogen-bond acceptors (Lipinski definition) is 5. The zero-order chi connectivity index (χ0) is 13.1. The summed E-state index contributed by atoms with van der Waals surface area (Å²) in [5, 5.41) is 12.1. The Balaban J connectivity index is 2.14. The first kappa shape index (κ1) is 12.5. The molecule has 18 heavy (non-hydrogen) atoms. The topological polar surface area (TPSA) is 113 Å². The van der Waals surface area contributed by atoms with Gasteiger partial charge < -0.3 is 15.2 Å². The van der Waals surface area contributed by atoms with Crippen LogP contribution in [0.3, 0.4) is 0 Å². The molecule has 3 N–H and O–H groups in total. The van der Waals surface area contributed by atoms with Crippen molar-refractivity contribution in [2.45, 2.75) is 24.9 Å². The molecule has 3 atom stereocenters. The molecule has 0 aliphatic carbocycles. The largest absolute Gasteiger partial charge is 0.390 e. The molecule has 2 heterocycles. The van der Waals surface area contributed by atoms with Crippen molar-refractivity contribution in [1.29, 1.82) is 0 Å². The van der Waals surface area contributed by atoms with Crippen LogP contribution in [0.5, 0.6) is 0 Å². The van der Waals surface area contributed by atoms with Crippen LogP contribution in [-0.4, -0.2) is 39.8 Å². The second-order valence-corrected chi connectivity index (χ2v) is 3.98. The molecule has 0 aromatic carbocycles. The van der Waals surface area contributed by atoms with Crippen molar-refractivity contribution in [3.63, 3.8) is 0 Å². The van der Waals surface area contributed by atoms with E-state index in [1.807, 2.05) is 0 Å². The minimum absolute atomic E-state index is 0.166. The maximum Gasteiger partial charge on any atom is 0.330 e. The number of carbonyl (C=O) groups excluding carboxylic acids is 1. The van der Waals surface area contributed by atoms with E-state index >= 15 is 0 Å². The van der Waals surface area contributed by atoms with Crippen molar-refractivity contribution in [2.75, 3.05) is 6.54 Å². The van der Waals surface area contributed by atoms with Crippen molar-refractivity contribution in [3.05, 3.63) is 33.1 Å². The highest BCUT2D eigenvalue weighted by atomic mass is 16.5. The van der Waals surface area contributed by atoms with E-state index < -0.39 is 29.7 Å². The number of H-pyrrole nitrogens is 1. The van der Waals surface area contributed by atoms with E-state index in [0.717, 1.165) is 0 Å². The van der Waals surface area contributed by atoms with E-state index in [2.05, 4.69) is 10.3 Å². The Morgan fingerprint density at radius 3 is 3.06 bits per heavy atom. The lowest BCUT2D eigenvalue weighted by Gasteiger charge is -2.15. The molecule has 1 saturated heterocycles. The molecule has 0 spiro atoms. The molecule has 0 unspecified atom stereocenters. The molecule has 98 valence electrons. The first-order valence-electron chi connectivity index (χ1n) is 5.44. The normalized spacial score (nSPS) is 27.1. The summed E-state index contributed by atoms with van der Waals surface area (Å²) in [5.41, 5.74) is -1.09. The summed E-state index contributed by atoms with van der Waals surface area (Å²) in [4.78, 5) is 34.7. The molecule has 1 aliphatic heterocycles. The Kier molecular flexibility index (Phi) is 3.58. The molecule has 1 aliphatic rings. The molecule has 0 saturated carbocycles. The Hall–Kier alpha value is -1.93. The Morgan fingerprint density at radius 2 is 2.39 bits per heavy atom. The van der Waals surface area contributed by atoms with Gasteiger partial charge in [0.15, 0.2) is 0 Å². The van der Waals surface area contributed by atoms with Gasteiger partial charge in [0.2, 0.25) is 6.41 Å². The number of aliphatic hydroxyl groups is 1. The third kappa shape index (κ3) is 2.49. The number of carbonyl (C=O) groups is 1. The lowest BCUT2D eigenvalue weighted by Crippen LogP contribution is -2.34. The highest BCUT2D eigenvalue weighted by molar-refractivity contribution is 5.45. The van der Waals surface area contributed by atoms with Gasteiger partial charge >= 0.3 is 5.69 Å². The van der Waals surface area contributed by atoms with Crippen LogP contribution >= 0.6 is 0 Å². The zero-order valence-electron chi connectivity index (χ0n) is 9.41. The maximum atomic E-state index is 11.5. The molecule has 2 rings (SSSR count). The Bertz CT molecular complexity index is 537. The van der Waals surface area contributed by atoms with Gasteiger partial charge in [0.25, 0.3) is 5.56 Å². The molecular weight excluding hydrogens is 242 g/mol. The van der Waals surface area contributed by atoms with Crippen molar-refractivity contribution in [1.82, 2.24) is 14.9 Å². The van der Waals surface area contributed by atoms with Crippen molar-refractivity contribution >= 4 is 6.41 Å². The van der Waals surface area contributed by atoms with Crippen molar-refractivity contribution < 1.29 is 14.6 Å². The maximum absolute atomic E-state index is 11.5. The van der Waals surface area contributed by atoms with Crippen LogP contribution in [0.1, 0.15) is 12.6 Å². The molecule has 1 aromatic rings. The van der Waals surface area contributed by atoms with Gasteiger partial charge in [-0.25, -0.2) is 4.79 Å². The summed E-state index contributed by atoms with van der Waals surface area (Å²) in [6, 6.07) is 1.20. The summed E-state index contributed by atoms with van der Waals surface area (Å²) in [5.74, 6) is 0. The number of nitrogens with one attached hydrogen (secondary N) is 2. The zero-order valence-corrected chi connectivity index (χ0v) is 9.41. The first-order valence-corrected chi connectivity index (χ1v) is 5.44. The van der Waals surface area contributed by atoms with Crippen LogP contribution in [0.15, 0.2) is 21.9 Å². The molecule has 1 aromatic heterocycles. The lowest BCUT2D eigenvalue weighted by molar-refractivity contribution is -0.110. The van der Waals surface area contributed by atoms with Gasteiger partial charge in [0, 0.05) is 25.2 Å². The third-order valence-electron chi connectivity index (χ3n) is 2.77. The number of ether oxygens (including phenoxy) is 1. The quantitative estimate of drug-likeness (QED) is 0.535. The number of amides is 1. The van der Waals surface area contributed by atoms with Crippen molar-refractivity contribution in [2.24, 2.45) is 0 Å². The number of aliphatic hydroxyl groups excluding tert-OH is 1. The van der Waals surface area contributed by atoms with E-state index in [4.69, 9.17) is 4.74 Å². The summed E-state index contributed by atoms with van der Waals surface area (Å²) in [6.07, 6.45) is 0.0454. The molecule has 0 radical (unpaired) electrons. The predicted molar refractivity (Wildman–Crippen MR) is 59.9 cm³/mol. The van der Waals surface area contributed by atoms with Gasteiger partial charge in [-0.3, -0.25) is 19.1 Å². The first-order chi connectivity index (χ1) is 8.61. The fraction of sp³-hybridized carbons (Fsp3) is 0.500. The number of aromatic amines is 1. The predicted octanol–water partition coefficient (Wildman–Crippen LogP) is -2.07. The smallest absolute Gasteiger partial charge is 0.330 e. The van der Waals surface area contributed by atoms with E-state index in [1.54, 1.807) is 0 Å². The lowest BCUT2D eigenvalue weighted by atomic mass is 10.2. The van der Waals surface area contributed by atoms with Gasteiger partial charge in [-0.05, 0) is 0 Å². The van der Waals surface area contributed by atoms with E-state index in [1.165, 1.54) is 16.8 Å². The van der Waals surface area contributed by atoms with Gasteiger partial charge in [-0.1, -0.05) is 0 Å². The Labute approximate surface area is 101 Å². The van der Waals surface area contributed by atoms with E-state index in [-0.39, 0.29) is 13.0 Å². The van der Waals surface area contributed by atoms with Crippen LogP contribution in [0, 0.1) is 0 Å². The van der Waals surface area contributed by atoms with E-state index in [9.17, 15) is 19.5 Å². The second-order valence-electron chi connectivity index (χ2n) is 3.98. The van der Waals surface area contributed by atoms with Gasteiger partial charge in [-0.2, -0.15) is 0 Å². The van der Waals surface area contributed by atoms with Crippen molar-refractivity contribution in [3.8, 4) is 0 Å². The minimum Gasteiger partial charge on any atom is -0.390 e. The molecule has 1 amide bonds. The average molecular weight is 255 g/mol. The molecule has 8 heteroatoms. The third-order valence-corrected chi connectivity index (χ3v) is 2.77. The monoisotopic (exact) mass is 255 g/mol. The van der Waals surface area contributed by atoms with Crippen LogP contribution in [0.4, 0.5) is 0 Å². The fourth-order valence-corrected chi connectivity index (χ4v) is 1.89. The number of hydrogen-bond donors (Lipinski definition) is 3. The Morgan fingerprint density at radius 1 is 1.61 bits per heavy atom. The van der Waals surface area contributed by atoms with Crippen LogP contribution in [0.2, 0.25) is 0 Å². The van der Waals surface area contributed by atoms with Crippen LogP contribution in [-0.2, 0) is 9.53 Å². The average Bonchev–Trinajstić information content (AvgIpc) is 2.68. The van der Waals surface area contributed by atoms with Gasteiger partial charge in [0.05, 0.1) is 6.10 Å². The van der Waals surface area contributed by atoms with Crippen LogP contribution in [0.25, 0.3) is 0 Å². The summed E-state index contributed by atoms with van der Waals surface area (Å²) < 4.78 is 6.65.